The minimum atomic E-state index is 1.23. The summed E-state index contributed by atoms with van der Waals surface area (Å²) in [7, 11) is 0. The summed E-state index contributed by atoms with van der Waals surface area (Å²) in [6.45, 7) is 7.05. The van der Waals surface area contributed by atoms with E-state index >= 15 is 0 Å². The molecule has 1 aromatic carbocycles. The lowest BCUT2D eigenvalue weighted by Crippen LogP contribution is -2.25. The van der Waals surface area contributed by atoms with Crippen LogP contribution in [0.4, 0.5) is 5.69 Å². The Kier molecular flexibility index (Phi) is 17.3. The van der Waals surface area contributed by atoms with Crippen LogP contribution in [0, 0.1) is 3.57 Å². The zero-order valence-corrected chi connectivity index (χ0v) is 21.0. The molecule has 0 aromatic heterocycles. The van der Waals surface area contributed by atoms with Crippen molar-refractivity contribution in [2.45, 2.75) is 117 Å². The molecule has 28 heavy (non-hydrogen) atoms. The van der Waals surface area contributed by atoms with Crippen LogP contribution < -0.4 is 4.90 Å². The van der Waals surface area contributed by atoms with Gasteiger partial charge in [0.1, 0.15) is 0 Å². The summed E-state index contributed by atoms with van der Waals surface area (Å²) in [5.41, 5.74) is 1.42. The Morgan fingerprint density at radius 2 is 0.893 bits per heavy atom. The molecule has 1 rings (SSSR count). The Morgan fingerprint density at radius 1 is 0.536 bits per heavy atom. The summed E-state index contributed by atoms with van der Waals surface area (Å²) in [6.07, 6.45) is 22.5. The number of benzene rings is 1. The third-order valence-corrected chi connectivity index (χ3v) is 6.47. The van der Waals surface area contributed by atoms with Crippen molar-refractivity contribution >= 4 is 28.3 Å². The summed E-state index contributed by atoms with van der Waals surface area (Å²) in [5.74, 6) is 0. The molecule has 0 unspecified atom stereocenters. The van der Waals surface area contributed by atoms with Crippen LogP contribution in [0.3, 0.4) is 0 Å². The Balaban J connectivity index is 2.24. The van der Waals surface area contributed by atoms with Gasteiger partial charge in [-0.05, 0) is 59.7 Å². The van der Waals surface area contributed by atoms with E-state index in [2.05, 4.69) is 65.6 Å². The smallest absolute Gasteiger partial charge is 0.0366 e. The molecule has 0 saturated carbocycles. The van der Waals surface area contributed by atoms with Crippen molar-refractivity contribution in [2.24, 2.45) is 0 Å². The highest BCUT2D eigenvalue weighted by molar-refractivity contribution is 14.1. The van der Waals surface area contributed by atoms with E-state index in [9.17, 15) is 0 Å². The van der Waals surface area contributed by atoms with Gasteiger partial charge in [0.2, 0.25) is 0 Å². The second-order valence-corrected chi connectivity index (χ2v) is 9.66. The van der Waals surface area contributed by atoms with Gasteiger partial charge < -0.3 is 4.90 Å². The van der Waals surface area contributed by atoms with E-state index in [4.69, 9.17) is 0 Å². The zero-order chi connectivity index (χ0) is 20.3. The SMILES string of the molecule is CCCCCCCCCCN(CCCCCCCCCC)c1ccc(I)cc1. The second kappa shape index (κ2) is 18.8. The minimum absolute atomic E-state index is 1.23. The average molecular weight is 500 g/mol. The van der Waals surface area contributed by atoms with Gasteiger partial charge >= 0.3 is 0 Å². The molecule has 0 fully saturated rings. The maximum absolute atomic E-state index is 2.64. The molecular weight excluding hydrogens is 453 g/mol. The fourth-order valence-electron chi connectivity index (χ4n) is 3.90. The molecule has 0 atom stereocenters. The maximum atomic E-state index is 2.64. The van der Waals surface area contributed by atoms with Gasteiger partial charge in [0.05, 0.1) is 0 Å². The van der Waals surface area contributed by atoms with Crippen molar-refractivity contribution in [3.63, 3.8) is 0 Å². The fraction of sp³-hybridized carbons (Fsp3) is 0.769. The van der Waals surface area contributed by atoms with Crippen LogP contribution in [0.25, 0.3) is 0 Å². The van der Waals surface area contributed by atoms with E-state index in [0.717, 1.165) is 0 Å². The van der Waals surface area contributed by atoms with E-state index in [1.165, 1.54) is 125 Å². The fourth-order valence-corrected chi connectivity index (χ4v) is 4.25. The lowest BCUT2D eigenvalue weighted by Gasteiger charge is -2.25. The first-order valence-electron chi connectivity index (χ1n) is 12.3. The van der Waals surface area contributed by atoms with Crippen molar-refractivity contribution in [3.8, 4) is 0 Å². The monoisotopic (exact) mass is 499 g/mol. The third-order valence-electron chi connectivity index (χ3n) is 5.75. The number of hydrogen-bond donors (Lipinski definition) is 0. The van der Waals surface area contributed by atoms with Gasteiger partial charge in [-0.3, -0.25) is 0 Å². The second-order valence-electron chi connectivity index (χ2n) is 8.41. The molecule has 0 aliphatic heterocycles. The number of halogens is 1. The Hall–Kier alpha value is -0.250. The highest BCUT2D eigenvalue weighted by Crippen LogP contribution is 2.19. The van der Waals surface area contributed by atoms with E-state index < -0.39 is 0 Å². The van der Waals surface area contributed by atoms with E-state index in [1.807, 2.05) is 0 Å². The Morgan fingerprint density at radius 3 is 1.29 bits per heavy atom. The highest BCUT2D eigenvalue weighted by Gasteiger charge is 2.06. The van der Waals surface area contributed by atoms with Crippen LogP contribution >= 0.6 is 22.6 Å². The molecule has 0 aliphatic carbocycles. The van der Waals surface area contributed by atoms with Crippen LogP contribution in [-0.2, 0) is 0 Å². The van der Waals surface area contributed by atoms with E-state index in [1.54, 1.807) is 0 Å². The minimum Gasteiger partial charge on any atom is -0.372 e. The molecule has 0 saturated heterocycles. The molecule has 0 heterocycles. The molecule has 162 valence electrons. The topological polar surface area (TPSA) is 3.24 Å². The first-order valence-corrected chi connectivity index (χ1v) is 13.4. The number of anilines is 1. The van der Waals surface area contributed by atoms with Crippen molar-refractivity contribution in [1.82, 2.24) is 0 Å². The molecule has 2 heteroatoms. The quantitative estimate of drug-likeness (QED) is 0.135. The summed E-state index contributed by atoms with van der Waals surface area (Å²) < 4.78 is 1.33. The average Bonchev–Trinajstić information content (AvgIpc) is 2.71. The van der Waals surface area contributed by atoms with Gasteiger partial charge in [-0.2, -0.15) is 0 Å². The molecule has 0 amide bonds. The van der Waals surface area contributed by atoms with Gasteiger partial charge in [0.15, 0.2) is 0 Å². The van der Waals surface area contributed by atoms with Crippen molar-refractivity contribution in [1.29, 1.82) is 0 Å². The van der Waals surface area contributed by atoms with Crippen LogP contribution in [0.2, 0.25) is 0 Å². The standard InChI is InChI=1S/C26H46IN/c1-3-5-7-9-11-13-15-17-23-28(26-21-19-25(27)20-22-26)24-18-16-14-12-10-8-6-4-2/h19-22H,3-18,23-24H2,1-2H3. The first-order chi connectivity index (χ1) is 13.8. The number of unbranched alkanes of at least 4 members (excludes halogenated alkanes) is 14. The van der Waals surface area contributed by atoms with E-state index in [-0.39, 0.29) is 0 Å². The van der Waals surface area contributed by atoms with Gasteiger partial charge in [0, 0.05) is 22.3 Å². The highest BCUT2D eigenvalue weighted by atomic mass is 127. The van der Waals surface area contributed by atoms with Gasteiger partial charge in [-0.15, -0.1) is 0 Å². The van der Waals surface area contributed by atoms with Crippen LogP contribution in [0.15, 0.2) is 24.3 Å². The lowest BCUT2D eigenvalue weighted by atomic mass is 10.1. The van der Waals surface area contributed by atoms with Gasteiger partial charge in [-0.1, -0.05) is 104 Å². The number of hydrogen-bond acceptors (Lipinski definition) is 1. The largest absolute Gasteiger partial charge is 0.372 e. The van der Waals surface area contributed by atoms with Crippen LogP contribution in [0.1, 0.15) is 117 Å². The van der Waals surface area contributed by atoms with Crippen molar-refractivity contribution in [3.05, 3.63) is 27.8 Å². The molecule has 0 spiro atoms. The normalized spacial score (nSPS) is 11.1. The van der Waals surface area contributed by atoms with Crippen molar-refractivity contribution < 1.29 is 0 Å². The summed E-state index contributed by atoms with van der Waals surface area (Å²) in [5, 5.41) is 0. The molecule has 0 radical (unpaired) electrons. The summed E-state index contributed by atoms with van der Waals surface area (Å²) in [4.78, 5) is 2.64. The predicted molar refractivity (Wildman–Crippen MR) is 137 cm³/mol. The molecule has 1 aromatic rings. The Bertz CT molecular complexity index is 422. The summed E-state index contributed by atoms with van der Waals surface area (Å²) in [6, 6.07) is 9.14. The lowest BCUT2D eigenvalue weighted by molar-refractivity contribution is 0.555. The van der Waals surface area contributed by atoms with Crippen LogP contribution in [0.5, 0.6) is 0 Å². The number of rotatable bonds is 19. The Labute approximate surface area is 190 Å². The molecule has 0 aliphatic rings. The predicted octanol–water partition coefficient (Wildman–Crippen LogP) is 9.38. The third kappa shape index (κ3) is 13.8. The molecular formula is C26H46IN. The van der Waals surface area contributed by atoms with Gasteiger partial charge in [-0.25, -0.2) is 0 Å². The maximum Gasteiger partial charge on any atom is 0.0366 e. The first kappa shape index (κ1) is 25.8. The zero-order valence-electron chi connectivity index (χ0n) is 18.9. The van der Waals surface area contributed by atoms with E-state index in [0.29, 0.717) is 0 Å². The van der Waals surface area contributed by atoms with Crippen molar-refractivity contribution in [2.75, 3.05) is 18.0 Å². The summed E-state index contributed by atoms with van der Waals surface area (Å²) >= 11 is 2.41. The molecule has 1 nitrogen and oxygen atoms in total. The molecule has 0 N–H and O–H groups in total. The number of nitrogens with zero attached hydrogens (tertiary/aromatic N) is 1. The van der Waals surface area contributed by atoms with Crippen LogP contribution in [-0.4, -0.2) is 13.1 Å². The van der Waals surface area contributed by atoms with Gasteiger partial charge in [0.25, 0.3) is 0 Å². The molecule has 0 bridgehead atoms.